The third-order valence-electron chi connectivity index (χ3n) is 5.33. The molecule has 1 fully saturated rings. The second-order valence-corrected chi connectivity index (χ2v) is 7.37. The Morgan fingerprint density at radius 1 is 1.17 bits per heavy atom. The minimum atomic E-state index is 0.0831. The molecule has 0 spiro atoms. The summed E-state index contributed by atoms with van der Waals surface area (Å²) in [4.78, 5) is 23.5. The lowest BCUT2D eigenvalue weighted by molar-refractivity contribution is -0.122. The maximum atomic E-state index is 12.4. The SMILES string of the molecule is CCNc1nccc(N2CCC(CC(=O)NCc3ccc(OC)c(OC)c3)CC2)n1. The van der Waals surface area contributed by atoms with E-state index in [1.807, 2.05) is 31.2 Å². The number of hydrogen-bond donors (Lipinski definition) is 2. The van der Waals surface area contributed by atoms with E-state index in [1.54, 1.807) is 20.4 Å². The molecule has 8 heteroatoms. The molecule has 8 nitrogen and oxygen atoms in total. The predicted octanol–water partition coefficient (Wildman–Crippen LogP) is 2.85. The second-order valence-electron chi connectivity index (χ2n) is 7.37. The third-order valence-corrected chi connectivity index (χ3v) is 5.33. The maximum Gasteiger partial charge on any atom is 0.224 e. The minimum Gasteiger partial charge on any atom is -0.493 e. The van der Waals surface area contributed by atoms with Crippen molar-refractivity contribution >= 4 is 17.7 Å². The number of rotatable bonds is 9. The Bertz CT molecular complexity index is 837. The molecule has 30 heavy (non-hydrogen) atoms. The van der Waals surface area contributed by atoms with E-state index in [4.69, 9.17) is 9.47 Å². The van der Waals surface area contributed by atoms with E-state index in [0.29, 0.717) is 36.3 Å². The number of ether oxygens (including phenoxy) is 2. The second kappa shape index (κ2) is 10.7. The average Bonchev–Trinajstić information content (AvgIpc) is 2.78. The van der Waals surface area contributed by atoms with Gasteiger partial charge in [-0.15, -0.1) is 0 Å². The molecule has 0 atom stereocenters. The molecule has 2 heterocycles. The summed E-state index contributed by atoms with van der Waals surface area (Å²) in [6, 6.07) is 7.62. The molecule has 0 aliphatic carbocycles. The number of aromatic nitrogens is 2. The van der Waals surface area contributed by atoms with Gasteiger partial charge in [-0.1, -0.05) is 6.07 Å². The Morgan fingerprint density at radius 2 is 1.93 bits per heavy atom. The summed E-state index contributed by atoms with van der Waals surface area (Å²) in [5, 5.41) is 6.17. The lowest BCUT2D eigenvalue weighted by Crippen LogP contribution is -2.36. The first kappa shape index (κ1) is 21.7. The Morgan fingerprint density at radius 3 is 2.63 bits per heavy atom. The molecule has 1 aliphatic heterocycles. The first-order chi connectivity index (χ1) is 14.6. The summed E-state index contributed by atoms with van der Waals surface area (Å²) < 4.78 is 10.6. The zero-order valence-corrected chi connectivity index (χ0v) is 18.0. The highest BCUT2D eigenvalue weighted by Crippen LogP contribution is 2.28. The van der Waals surface area contributed by atoms with Crippen molar-refractivity contribution in [2.45, 2.75) is 32.7 Å². The van der Waals surface area contributed by atoms with E-state index < -0.39 is 0 Å². The topological polar surface area (TPSA) is 88.6 Å². The quantitative estimate of drug-likeness (QED) is 0.653. The van der Waals surface area contributed by atoms with Gasteiger partial charge in [0, 0.05) is 38.8 Å². The summed E-state index contributed by atoms with van der Waals surface area (Å²) >= 11 is 0. The molecule has 1 aliphatic rings. The number of hydrogen-bond acceptors (Lipinski definition) is 7. The van der Waals surface area contributed by atoms with Crippen molar-refractivity contribution in [2.24, 2.45) is 5.92 Å². The van der Waals surface area contributed by atoms with Crippen molar-refractivity contribution < 1.29 is 14.3 Å². The fourth-order valence-corrected chi connectivity index (χ4v) is 3.66. The lowest BCUT2D eigenvalue weighted by Gasteiger charge is -2.32. The molecule has 2 aromatic rings. The Labute approximate surface area is 178 Å². The summed E-state index contributed by atoms with van der Waals surface area (Å²) in [5.74, 6) is 3.42. The molecule has 1 aromatic carbocycles. The van der Waals surface area contributed by atoms with Crippen molar-refractivity contribution in [3.63, 3.8) is 0 Å². The monoisotopic (exact) mass is 413 g/mol. The van der Waals surface area contributed by atoms with Crippen molar-refractivity contribution in [1.82, 2.24) is 15.3 Å². The fraction of sp³-hybridized carbons (Fsp3) is 0.500. The number of nitrogens with zero attached hydrogens (tertiary/aromatic N) is 3. The number of carbonyl (C=O) groups is 1. The summed E-state index contributed by atoms with van der Waals surface area (Å²) in [6.07, 6.45) is 4.29. The van der Waals surface area contributed by atoms with Crippen LogP contribution in [-0.4, -0.2) is 49.7 Å². The minimum absolute atomic E-state index is 0.0831. The van der Waals surface area contributed by atoms with Gasteiger partial charge in [0.2, 0.25) is 11.9 Å². The molecular formula is C22H31N5O3. The van der Waals surface area contributed by atoms with Crippen LogP contribution >= 0.6 is 0 Å². The maximum absolute atomic E-state index is 12.4. The van der Waals surface area contributed by atoms with Gasteiger partial charge in [-0.05, 0) is 49.4 Å². The zero-order valence-electron chi connectivity index (χ0n) is 18.0. The molecule has 0 unspecified atom stereocenters. The van der Waals surface area contributed by atoms with Crippen LogP contribution in [0.4, 0.5) is 11.8 Å². The summed E-state index contributed by atoms with van der Waals surface area (Å²) in [7, 11) is 3.21. The highest BCUT2D eigenvalue weighted by Gasteiger charge is 2.22. The Balaban J connectivity index is 1.45. The molecular weight excluding hydrogens is 382 g/mol. The van der Waals surface area contributed by atoms with Gasteiger partial charge < -0.3 is 25.0 Å². The molecule has 3 rings (SSSR count). The third kappa shape index (κ3) is 5.75. The van der Waals surface area contributed by atoms with Gasteiger partial charge in [-0.3, -0.25) is 4.79 Å². The van der Waals surface area contributed by atoms with E-state index in [0.717, 1.165) is 43.9 Å². The fourth-order valence-electron chi connectivity index (χ4n) is 3.66. The van der Waals surface area contributed by atoms with Gasteiger partial charge in [0.25, 0.3) is 0 Å². The van der Waals surface area contributed by atoms with Crippen LogP contribution in [0, 0.1) is 5.92 Å². The molecule has 2 N–H and O–H groups in total. The van der Waals surface area contributed by atoms with Crippen LogP contribution in [-0.2, 0) is 11.3 Å². The highest BCUT2D eigenvalue weighted by atomic mass is 16.5. The van der Waals surface area contributed by atoms with Crippen LogP contribution in [0.5, 0.6) is 11.5 Å². The molecule has 1 saturated heterocycles. The van der Waals surface area contributed by atoms with Gasteiger partial charge in [-0.2, -0.15) is 4.98 Å². The van der Waals surface area contributed by atoms with Crippen molar-refractivity contribution in [1.29, 1.82) is 0 Å². The molecule has 162 valence electrons. The van der Waals surface area contributed by atoms with Crippen LogP contribution in [0.1, 0.15) is 31.7 Å². The van der Waals surface area contributed by atoms with Gasteiger partial charge in [0.05, 0.1) is 14.2 Å². The van der Waals surface area contributed by atoms with Gasteiger partial charge in [0.1, 0.15) is 5.82 Å². The Hall–Kier alpha value is -3.03. The van der Waals surface area contributed by atoms with E-state index in [2.05, 4.69) is 25.5 Å². The van der Waals surface area contributed by atoms with E-state index in [9.17, 15) is 4.79 Å². The molecule has 0 bridgehead atoms. The number of methoxy groups -OCH3 is 2. The van der Waals surface area contributed by atoms with Crippen molar-refractivity contribution in [3.8, 4) is 11.5 Å². The molecule has 1 amide bonds. The largest absolute Gasteiger partial charge is 0.493 e. The van der Waals surface area contributed by atoms with E-state index >= 15 is 0 Å². The molecule has 0 saturated carbocycles. The number of piperidine rings is 1. The first-order valence-corrected chi connectivity index (χ1v) is 10.4. The van der Waals surface area contributed by atoms with Crippen LogP contribution in [0.2, 0.25) is 0 Å². The van der Waals surface area contributed by atoms with E-state index in [-0.39, 0.29) is 5.91 Å². The lowest BCUT2D eigenvalue weighted by atomic mass is 9.93. The average molecular weight is 414 g/mol. The summed E-state index contributed by atoms with van der Waals surface area (Å²) in [5.41, 5.74) is 0.982. The first-order valence-electron chi connectivity index (χ1n) is 10.4. The standard InChI is InChI=1S/C22H31N5O3/c1-4-23-22-24-10-7-20(26-22)27-11-8-16(9-12-27)14-21(28)25-15-17-5-6-18(29-2)19(13-17)30-3/h5-7,10,13,16H,4,8-9,11-12,14-15H2,1-3H3,(H,25,28)(H,23,24,26). The van der Waals surface area contributed by atoms with Gasteiger partial charge >= 0.3 is 0 Å². The van der Waals surface area contributed by atoms with E-state index in [1.165, 1.54) is 0 Å². The van der Waals surface area contributed by atoms with Crippen LogP contribution in [0.25, 0.3) is 0 Å². The van der Waals surface area contributed by atoms with Gasteiger partial charge in [-0.25, -0.2) is 4.98 Å². The van der Waals surface area contributed by atoms with Crippen molar-refractivity contribution in [3.05, 3.63) is 36.0 Å². The number of nitrogens with one attached hydrogen (secondary N) is 2. The van der Waals surface area contributed by atoms with Crippen LogP contribution in [0.3, 0.4) is 0 Å². The number of benzene rings is 1. The normalized spacial score (nSPS) is 14.3. The molecule has 0 radical (unpaired) electrons. The zero-order chi connectivity index (χ0) is 21.3. The van der Waals surface area contributed by atoms with Crippen LogP contribution < -0.4 is 25.0 Å². The highest BCUT2D eigenvalue weighted by molar-refractivity contribution is 5.76. The van der Waals surface area contributed by atoms with Crippen LogP contribution in [0.15, 0.2) is 30.5 Å². The summed E-state index contributed by atoms with van der Waals surface area (Å²) in [6.45, 7) is 5.10. The Kier molecular flexibility index (Phi) is 7.70. The van der Waals surface area contributed by atoms with Gasteiger partial charge in [0.15, 0.2) is 11.5 Å². The van der Waals surface area contributed by atoms with Crippen molar-refractivity contribution in [2.75, 3.05) is 44.1 Å². The number of amides is 1. The smallest absolute Gasteiger partial charge is 0.224 e. The predicted molar refractivity (Wildman–Crippen MR) is 117 cm³/mol. The number of anilines is 2. The number of carbonyl (C=O) groups excluding carboxylic acids is 1. The molecule has 1 aromatic heterocycles.